The van der Waals surface area contributed by atoms with E-state index in [2.05, 4.69) is 20.8 Å². The van der Waals surface area contributed by atoms with Gasteiger partial charge in [-0.3, -0.25) is 4.79 Å². The minimum atomic E-state index is -0.401. The molecule has 0 aromatic heterocycles. The van der Waals surface area contributed by atoms with E-state index in [-0.39, 0.29) is 0 Å². The van der Waals surface area contributed by atoms with Crippen molar-refractivity contribution in [2.75, 3.05) is 11.9 Å². The van der Waals surface area contributed by atoms with Gasteiger partial charge in [-0.05, 0) is 53.7 Å². The highest BCUT2D eigenvalue weighted by molar-refractivity contribution is 9.10. The van der Waals surface area contributed by atoms with Gasteiger partial charge in [0.2, 0.25) is 0 Å². The monoisotopic (exact) mass is 325 g/mol. The van der Waals surface area contributed by atoms with E-state index >= 15 is 0 Å². The Kier molecular flexibility index (Phi) is 4.47. The zero-order valence-electron chi connectivity index (χ0n) is 11.1. The molecule has 0 atom stereocenters. The summed E-state index contributed by atoms with van der Waals surface area (Å²) in [6.45, 7) is 0. The third kappa shape index (κ3) is 3.09. The maximum absolute atomic E-state index is 11.6. The lowest BCUT2D eigenvalue weighted by Crippen LogP contribution is -2.39. The molecule has 0 bridgehead atoms. The van der Waals surface area contributed by atoms with Crippen LogP contribution in [0.5, 0.6) is 0 Å². The Morgan fingerprint density at radius 1 is 1.32 bits per heavy atom. The smallest absolute Gasteiger partial charge is 0.251 e. The highest BCUT2D eigenvalue weighted by atomic mass is 79.9. The van der Waals surface area contributed by atoms with Gasteiger partial charge in [0.15, 0.2) is 0 Å². The number of amides is 1. The Hall–Kier alpha value is -1.07. The number of rotatable bonds is 3. The standard InChI is InChI=1S/C14H20BrN3O/c1-18(10-7-5-9(16)6-8-10)12-4-2-3-11(15)13(12)14(17)19/h2-4,9-10H,5-8,16H2,1H3,(H2,17,19). The van der Waals surface area contributed by atoms with Crippen molar-refractivity contribution in [1.29, 1.82) is 0 Å². The van der Waals surface area contributed by atoms with Crippen LogP contribution in [0.1, 0.15) is 36.0 Å². The van der Waals surface area contributed by atoms with Gasteiger partial charge >= 0.3 is 0 Å². The molecule has 5 heteroatoms. The van der Waals surface area contributed by atoms with Gasteiger partial charge in [-0.25, -0.2) is 0 Å². The molecule has 1 aromatic carbocycles. The fourth-order valence-corrected chi connectivity index (χ4v) is 3.29. The third-order valence-corrected chi connectivity index (χ3v) is 4.57. The molecule has 1 aliphatic carbocycles. The molecule has 1 amide bonds. The summed E-state index contributed by atoms with van der Waals surface area (Å²) in [7, 11) is 2.02. The van der Waals surface area contributed by atoms with Gasteiger partial charge < -0.3 is 16.4 Å². The first kappa shape index (κ1) is 14.3. The second kappa shape index (κ2) is 5.92. The van der Waals surface area contributed by atoms with E-state index in [1.165, 1.54) is 0 Å². The minimum absolute atomic E-state index is 0.322. The maximum Gasteiger partial charge on any atom is 0.251 e. The Labute approximate surface area is 122 Å². The predicted molar refractivity (Wildman–Crippen MR) is 81.3 cm³/mol. The van der Waals surface area contributed by atoms with Crippen LogP contribution in [0.4, 0.5) is 5.69 Å². The van der Waals surface area contributed by atoms with Crippen LogP contribution >= 0.6 is 15.9 Å². The number of nitrogens with zero attached hydrogens (tertiary/aromatic N) is 1. The summed E-state index contributed by atoms with van der Waals surface area (Å²) in [5, 5.41) is 0. The highest BCUT2D eigenvalue weighted by Gasteiger charge is 2.25. The number of hydrogen-bond acceptors (Lipinski definition) is 3. The van der Waals surface area contributed by atoms with Crippen molar-refractivity contribution < 1.29 is 4.79 Å². The predicted octanol–water partition coefficient (Wildman–Crippen LogP) is 2.25. The molecule has 0 heterocycles. The molecule has 104 valence electrons. The first-order valence-electron chi connectivity index (χ1n) is 6.57. The summed E-state index contributed by atoms with van der Waals surface area (Å²) in [6.07, 6.45) is 4.19. The summed E-state index contributed by atoms with van der Waals surface area (Å²) in [5.41, 5.74) is 12.9. The zero-order valence-corrected chi connectivity index (χ0v) is 12.7. The molecule has 1 aliphatic rings. The molecular weight excluding hydrogens is 306 g/mol. The van der Waals surface area contributed by atoms with Crippen molar-refractivity contribution in [1.82, 2.24) is 0 Å². The van der Waals surface area contributed by atoms with Gasteiger partial charge in [-0.2, -0.15) is 0 Å². The van der Waals surface area contributed by atoms with Crippen LogP contribution in [0, 0.1) is 0 Å². The van der Waals surface area contributed by atoms with E-state index in [0.717, 1.165) is 35.8 Å². The zero-order chi connectivity index (χ0) is 14.0. The van der Waals surface area contributed by atoms with Gasteiger partial charge in [-0.15, -0.1) is 0 Å². The average Bonchev–Trinajstić information content (AvgIpc) is 2.38. The van der Waals surface area contributed by atoms with Crippen LogP contribution in [0.3, 0.4) is 0 Å². The first-order chi connectivity index (χ1) is 9.00. The molecule has 4 nitrogen and oxygen atoms in total. The summed E-state index contributed by atoms with van der Waals surface area (Å²) < 4.78 is 0.747. The van der Waals surface area contributed by atoms with Gasteiger partial charge in [0.1, 0.15) is 0 Å². The van der Waals surface area contributed by atoms with Crippen LogP contribution in [-0.4, -0.2) is 25.0 Å². The van der Waals surface area contributed by atoms with Crippen LogP contribution in [-0.2, 0) is 0 Å². The molecule has 1 fully saturated rings. The van der Waals surface area contributed by atoms with Gasteiger partial charge in [0.05, 0.1) is 11.3 Å². The van der Waals surface area contributed by atoms with E-state index in [9.17, 15) is 4.79 Å². The van der Waals surface area contributed by atoms with Crippen LogP contribution in [0.15, 0.2) is 22.7 Å². The van der Waals surface area contributed by atoms with Crippen molar-refractivity contribution in [2.45, 2.75) is 37.8 Å². The SMILES string of the molecule is CN(c1cccc(Br)c1C(N)=O)C1CCC(N)CC1. The lowest BCUT2D eigenvalue weighted by molar-refractivity contribution is 0.1000. The summed E-state index contributed by atoms with van der Waals surface area (Å²) in [6, 6.07) is 6.46. The Balaban J connectivity index is 2.26. The van der Waals surface area contributed by atoms with E-state index in [1.807, 2.05) is 25.2 Å². The Morgan fingerprint density at radius 2 is 1.95 bits per heavy atom. The van der Waals surface area contributed by atoms with Crippen LogP contribution in [0.25, 0.3) is 0 Å². The Bertz CT molecular complexity index is 470. The van der Waals surface area contributed by atoms with Crippen LogP contribution in [0.2, 0.25) is 0 Å². The number of carbonyl (C=O) groups excluding carboxylic acids is 1. The second-order valence-electron chi connectivity index (χ2n) is 5.18. The number of primary amides is 1. The average molecular weight is 326 g/mol. The van der Waals surface area contributed by atoms with Crippen molar-refractivity contribution in [3.05, 3.63) is 28.2 Å². The number of nitrogens with two attached hydrogens (primary N) is 2. The van der Waals surface area contributed by atoms with Crippen molar-refractivity contribution in [3.8, 4) is 0 Å². The lowest BCUT2D eigenvalue weighted by Gasteiger charge is -2.35. The van der Waals surface area contributed by atoms with Crippen molar-refractivity contribution >= 4 is 27.5 Å². The Morgan fingerprint density at radius 3 is 2.53 bits per heavy atom. The summed E-state index contributed by atoms with van der Waals surface area (Å²) in [5.74, 6) is -0.401. The summed E-state index contributed by atoms with van der Waals surface area (Å²) in [4.78, 5) is 13.8. The molecule has 0 radical (unpaired) electrons. The summed E-state index contributed by atoms with van der Waals surface area (Å²) >= 11 is 3.40. The molecule has 4 N–H and O–H groups in total. The third-order valence-electron chi connectivity index (χ3n) is 3.91. The second-order valence-corrected chi connectivity index (χ2v) is 6.03. The number of anilines is 1. The molecule has 2 rings (SSSR count). The minimum Gasteiger partial charge on any atom is -0.371 e. The van der Waals surface area contributed by atoms with E-state index in [1.54, 1.807) is 0 Å². The van der Waals surface area contributed by atoms with E-state index in [4.69, 9.17) is 11.5 Å². The van der Waals surface area contributed by atoms with Crippen molar-refractivity contribution in [2.24, 2.45) is 11.5 Å². The number of carbonyl (C=O) groups is 1. The number of benzene rings is 1. The lowest BCUT2D eigenvalue weighted by atomic mass is 9.90. The van der Waals surface area contributed by atoms with Crippen molar-refractivity contribution in [3.63, 3.8) is 0 Å². The number of halogens is 1. The van der Waals surface area contributed by atoms with Gasteiger partial charge in [0, 0.05) is 23.6 Å². The molecule has 19 heavy (non-hydrogen) atoms. The molecule has 0 spiro atoms. The molecule has 0 aliphatic heterocycles. The van der Waals surface area contributed by atoms with Crippen LogP contribution < -0.4 is 16.4 Å². The highest BCUT2D eigenvalue weighted by Crippen LogP contribution is 2.31. The van der Waals surface area contributed by atoms with E-state index in [0.29, 0.717) is 17.6 Å². The normalized spacial score (nSPS) is 23.1. The van der Waals surface area contributed by atoms with E-state index < -0.39 is 5.91 Å². The topological polar surface area (TPSA) is 72.3 Å². The van der Waals surface area contributed by atoms with Gasteiger partial charge in [-0.1, -0.05) is 6.07 Å². The molecule has 0 saturated heterocycles. The number of hydrogen-bond donors (Lipinski definition) is 2. The maximum atomic E-state index is 11.6. The quantitative estimate of drug-likeness (QED) is 0.895. The van der Waals surface area contributed by atoms with Gasteiger partial charge in [0.25, 0.3) is 5.91 Å². The largest absolute Gasteiger partial charge is 0.371 e. The molecule has 0 unspecified atom stereocenters. The molecule has 1 saturated carbocycles. The first-order valence-corrected chi connectivity index (χ1v) is 7.36. The fourth-order valence-electron chi connectivity index (χ4n) is 2.74. The molecule has 1 aromatic rings. The molecular formula is C14H20BrN3O. The fraction of sp³-hybridized carbons (Fsp3) is 0.500.